The molecular weight excluding hydrogens is 230 g/mol. The third kappa shape index (κ3) is 3.70. The van der Waals surface area contributed by atoms with Gasteiger partial charge in [-0.05, 0) is 17.7 Å². The largest absolute Gasteiger partial charge is 0.497 e. The lowest BCUT2D eigenvalue weighted by atomic mass is 9.94. The van der Waals surface area contributed by atoms with Crippen LogP contribution in [0.5, 0.6) is 5.75 Å². The molecule has 100 valence electrons. The van der Waals surface area contributed by atoms with E-state index >= 15 is 0 Å². The summed E-state index contributed by atoms with van der Waals surface area (Å²) in [7, 11) is 1.66. The predicted molar refractivity (Wildman–Crippen MR) is 69.7 cm³/mol. The zero-order valence-electron chi connectivity index (χ0n) is 10.8. The molecule has 1 aliphatic rings. The van der Waals surface area contributed by atoms with Gasteiger partial charge in [-0.25, -0.2) is 0 Å². The normalized spacial score (nSPS) is 18.6. The molecule has 0 bridgehead atoms. The van der Waals surface area contributed by atoms with Crippen molar-refractivity contribution in [2.24, 2.45) is 0 Å². The van der Waals surface area contributed by atoms with Crippen LogP contribution in [0.3, 0.4) is 0 Å². The molecule has 0 aromatic heterocycles. The molecule has 4 heteroatoms. The topological polar surface area (TPSA) is 50.7 Å². The Balaban J connectivity index is 1.77. The summed E-state index contributed by atoms with van der Waals surface area (Å²) in [4.78, 5) is 0. The first-order chi connectivity index (χ1) is 8.72. The van der Waals surface area contributed by atoms with E-state index in [1.54, 1.807) is 7.11 Å². The third-order valence-corrected chi connectivity index (χ3v) is 3.37. The average Bonchev–Trinajstić information content (AvgIpc) is 2.40. The molecule has 1 heterocycles. The molecule has 1 fully saturated rings. The lowest BCUT2D eigenvalue weighted by Gasteiger charge is -2.32. The Hall–Kier alpha value is -1.10. The summed E-state index contributed by atoms with van der Waals surface area (Å²) in [6, 6.07) is 7.94. The highest BCUT2D eigenvalue weighted by Gasteiger charge is 2.28. The van der Waals surface area contributed by atoms with Crippen molar-refractivity contribution in [2.75, 3.05) is 26.9 Å². The molecule has 0 atom stereocenters. The maximum absolute atomic E-state index is 10.3. The number of hydrogen-bond donors (Lipinski definition) is 2. The molecule has 0 aliphatic carbocycles. The van der Waals surface area contributed by atoms with Crippen LogP contribution in [0.4, 0.5) is 0 Å². The number of nitrogens with one attached hydrogen (secondary N) is 1. The second kappa shape index (κ2) is 6.18. The fraction of sp³-hybridized carbons (Fsp3) is 0.571. The Morgan fingerprint density at radius 2 is 1.94 bits per heavy atom. The van der Waals surface area contributed by atoms with E-state index in [1.807, 2.05) is 24.3 Å². The number of rotatable bonds is 5. The van der Waals surface area contributed by atoms with Crippen molar-refractivity contribution < 1.29 is 14.6 Å². The van der Waals surface area contributed by atoms with Gasteiger partial charge in [-0.2, -0.15) is 0 Å². The fourth-order valence-electron chi connectivity index (χ4n) is 2.11. The highest BCUT2D eigenvalue weighted by atomic mass is 16.5. The van der Waals surface area contributed by atoms with Crippen molar-refractivity contribution in [3.63, 3.8) is 0 Å². The van der Waals surface area contributed by atoms with Crippen molar-refractivity contribution in [2.45, 2.75) is 25.0 Å². The van der Waals surface area contributed by atoms with Gasteiger partial charge in [0.25, 0.3) is 0 Å². The Bertz CT molecular complexity index is 358. The highest BCUT2D eigenvalue weighted by Crippen LogP contribution is 2.19. The molecule has 2 N–H and O–H groups in total. The van der Waals surface area contributed by atoms with Gasteiger partial charge in [0.2, 0.25) is 0 Å². The van der Waals surface area contributed by atoms with Crippen molar-refractivity contribution >= 4 is 0 Å². The highest BCUT2D eigenvalue weighted by molar-refractivity contribution is 5.27. The molecule has 0 saturated carbocycles. The first-order valence-electron chi connectivity index (χ1n) is 6.36. The van der Waals surface area contributed by atoms with Gasteiger partial charge >= 0.3 is 0 Å². The fourth-order valence-corrected chi connectivity index (χ4v) is 2.11. The molecule has 18 heavy (non-hydrogen) atoms. The van der Waals surface area contributed by atoms with Crippen molar-refractivity contribution in [1.82, 2.24) is 5.32 Å². The van der Waals surface area contributed by atoms with Crippen molar-refractivity contribution in [3.05, 3.63) is 29.8 Å². The zero-order chi connectivity index (χ0) is 12.8. The molecule has 0 radical (unpaired) electrons. The first-order valence-corrected chi connectivity index (χ1v) is 6.36. The maximum atomic E-state index is 10.3. The van der Waals surface area contributed by atoms with Crippen LogP contribution in [0, 0.1) is 0 Å². The Labute approximate surface area is 108 Å². The van der Waals surface area contributed by atoms with Crippen LogP contribution in [0.2, 0.25) is 0 Å². The van der Waals surface area contributed by atoms with Gasteiger partial charge in [0.05, 0.1) is 12.7 Å². The van der Waals surface area contributed by atoms with Crippen LogP contribution in [-0.2, 0) is 11.3 Å². The molecule has 1 aliphatic heterocycles. The van der Waals surface area contributed by atoms with Crippen LogP contribution < -0.4 is 10.1 Å². The van der Waals surface area contributed by atoms with E-state index in [4.69, 9.17) is 9.47 Å². The van der Waals surface area contributed by atoms with Gasteiger partial charge in [0, 0.05) is 39.1 Å². The minimum Gasteiger partial charge on any atom is -0.497 e. The van der Waals surface area contributed by atoms with Crippen LogP contribution >= 0.6 is 0 Å². The van der Waals surface area contributed by atoms with E-state index in [0.29, 0.717) is 32.6 Å². The molecule has 0 unspecified atom stereocenters. The summed E-state index contributed by atoms with van der Waals surface area (Å²) >= 11 is 0. The van der Waals surface area contributed by atoms with E-state index in [2.05, 4.69) is 5.32 Å². The Morgan fingerprint density at radius 3 is 2.56 bits per heavy atom. The van der Waals surface area contributed by atoms with Gasteiger partial charge in [-0.15, -0.1) is 0 Å². The standard InChI is InChI=1S/C14H21NO3/c1-17-13-4-2-12(3-5-13)10-15-11-14(16)6-8-18-9-7-14/h2-5,15-16H,6-11H2,1H3. The zero-order valence-corrected chi connectivity index (χ0v) is 10.8. The predicted octanol–water partition coefficient (Wildman–Crippen LogP) is 1.33. The number of ether oxygens (including phenoxy) is 2. The second-order valence-corrected chi connectivity index (χ2v) is 4.79. The summed E-state index contributed by atoms with van der Waals surface area (Å²) in [5.74, 6) is 0.863. The number of hydrogen-bond acceptors (Lipinski definition) is 4. The van der Waals surface area contributed by atoms with E-state index < -0.39 is 5.60 Å². The minimum atomic E-state index is -0.606. The summed E-state index contributed by atoms with van der Waals surface area (Å²) < 4.78 is 10.4. The second-order valence-electron chi connectivity index (χ2n) is 4.79. The Kier molecular flexibility index (Phi) is 4.58. The number of aliphatic hydroxyl groups is 1. The SMILES string of the molecule is COc1ccc(CNCC2(O)CCOCC2)cc1. The maximum Gasteiger partial charge on any atom is 0.118 e. The molecule has 4 nitrogen and oxygen atoms in total. The van der Waals surface area contributed by atoms with Gasteiger partial charge in [0.1, 0.15) is 5.75 Å². The lowest BCUT2D eigenvalue weighted by molar-refractivity contribution is -0.0617. The molecule has 1 aromatic carbocycles. The van der Waals surface area contributed by atoms with Crippen LogP contribution in [-0.4, -0.2) is 37.6 Å². The molecule has 2 rings (SSSR count). The lowest BCUT2D eigenvalue weighted by Crippen LogP contribution is -2.44. The average molecular weight is 251 g/mol. The summed E-state index contributed by atoms with van der Waals surface area (Å²) in [5.41, 5.74) is 0.580. The van der Waals surface area contributed by atoms with Crippen LogP contribution in [0.1, 0.15) is 18.4 Å². The van der Waals surface area contributed by atoms with Crippen LogP contribution in [0.15, 0.2) is 24.3 Å². The van der Waals surface area contributed by atoms with E-state index in [0.717, 1.165) is 12.3 Å². The summed E-state index contributed by atoms with van der Waals surface area (Å²) in [6.45, 7) is 2.68. The quantitative estimate of drug-likeness (QED) is 0.829. The van der Waals surface area contributed by atoms with Crippen LogP contribution in [0.25, 0.3) is 0 Å². The first kappa shape index (κ1) is 13.3. The molecule has 0 spiro atoms. The smallest absolute Gasteiger partial charge is 0.118 e. The molecular formula is C14H21NO3. The molecule has 1 aromatic rings. The summed E-state index contributed by atoms with van der Waals surface area (Å²) in [6.07, 6.45) is 1.42. The van der Waals surface area contributed by atoms with Gasteiger partial charge in [0.15, 0.2) is 0 Å². The number of methoxy groups -OCH3 is 1. The van der Waals surface area contributed by atoms with Gasteiger partial charge in [-0.1, -0.05) is 12.1 Å². The third-order valence-electron chi connectivity index (χ3n) is 3.37. The monoisotopic (exact) mass is 251 g/mol. The van der Waals surface area contributed by atoms with E-state index in [-0.39, 0.29) is 0 Å². The minimum absolute atomic E-state index is 0.606. The van der Waals surface area contributed by atoms with Gasteiger partial charge in [-0.3, -0.25) is 0 Å². The summed E-state index contributed by atoms with van der Waals surface area (Å²) in [5, 5.41) is 13.6. The molecule has 0 amide bonds. The Morgan fingerprint density at radius 1 is 1.28 bits per heavy atom. The van der Waals surface area contributed by atoms with E-state index in [9.17, 15) is 5.11 Å². The van der Waals surface area contributed by atoms with Gasteiger partial charge < -0.3 is 19.9 Å². The molecule has 1 saturated heterocycles. The van der Waals surface area contributed by atoms with E-state index in [1.165, 1.54) is 5.56 Å². The van der Waals surface area contributed by atoms with Crippen molar-refractivity contribution in [1.29, 1.82) is 0 Å². The number of benzene rings is 1. The van der Waals surface area contributed by atoms with Crippen molar-refractivity contribution in [3.8, 4) is 5.75 Å².